The van der Waals surface area contributed by atoms with Crippen LogP contribution in [-0.2, 0) is 19.7 Å². The largest absolute Gasteiger partial charge is 0.444 e. The first-order valence-corrected chi connectivity index (χ1v) is 9.86. The lowest BCUT2D eigenvalue weighted by Crippen LogP contribution is -2.47. The van der Waals surface area contributed by atoms with Crippen molar-refractivity contribution in [3.05, 3.63) is 87.5 Å². The molecule has 1 spiro atoms. The van der Waals surface area contributed by atoms with Crippen LogP contribution < -0.4 is 11.1 Å². The molecule has 0 saturated carbocycles. The molecule has 1 amide bonds. The Morgan fingerprint density at radius 3 is 2.73 bits per heavy atom. The third-order valence-corrected chi connectivity index (χ3v) is 6.24. The average Bonchev–Trinajstić information content (AvgIpc) is 3.00. The van der Waals surface area contributed by atoms with Crippen LogP contribution in [0.1, 0.15) is 29.9 Å². The molecule has 2 heterocycles. The van der Waals surface area contributed by atoms with Crippen LogP contribution in [0.15, 0.2) is 71.3 Å². The molecule has 0 unspecified atom stereocenters. The maximum atomic E-state index is 13.5. The molecule has 2 atom stereocenters. The molecule has 3 aliphatic rings. The fourth-order valence-corrected chi connectivity index (χ4v) is 4.97. The van der Waals surface area contributed by atoms with Crippen molar-refractivity contribution in [3.8, 4) is 6.07 Å². The second kappa shape index (κ2) is 6.48. The van der Waals surface area contributed by atoms with Gasteiger partial charge in [0.05, 0.1) is 5.57 Å². The number of rotatable bonds is 1. The number of benzene rings is 2. The number of Topliss-reactive ketones (excluding diaryl/α,β-unsaturated/α-hetero) is 1. The second-order valence-electron chi connectivity index (χ2n) is 7.58. The third-order valence-electron chi connectivity index (χ3n) is 6.00. The van der Waals surface area contributed by atoms with Crippen LogP contribution in [0.4, 0.5) is 5.69 Å². The number of nitriles is 1. The Hall–Kier alpha value is -3.56. The highest BCUT2D eigenvalue weighted by atomic mass is 35.5. The summed E-state index contributed by atoms with van der Waals surface area (Å²) >= 11 is 6.13. The molecule has 0 saturated heterocycles. The molecule has 0 fully saturated rings. The van der Waals surface area contributed by atoms with Crippen LogP contribution in [0, 0.1) is 11.3 Å². The number of anilines is 1. The van der Waals surface area contributed by atoms with E-state index in [0.717, 1.165) is 5.56 Å². The minimum absolute atomic E-state index is 0.0572. The lowest BCUT2D eigenvalue weighted by molar-refractivity contribution is -0.123. The van der Waals surface area contributed by atoms with Gasteiger partial charge in [0.15, 0.2) is 5.78 Å². The molecule has 7 heteroatoms. The molecule has 1 aliphatic carbocycles. The quantitative estimate of drug-likeness (QED) is 0.736. The van der Waals surface area contributed by atoms with E-state index in [1.54, 1.807) is 30.3 Å². The van der Waals surface area contributed by atoms with Crippen LogP contribution in [0.2, 0.25) is 5.02 Å². The number of hydrogen-bond donors (Lipinski definition) is 2. The van der Waals surface area contributed by atoms with E-state index < -0.39 is 11.3 Å². The van der Waals surface area contributed by atoms with E-state index in [1.165, 1.54) is 0 Å². The molecule has 2 aromatic rings. The minimum Gasteiger partial charge on any atom is -0.444 e. The number of ether oxygens (including phenoxy) is 1. The van der Waals surface area contributed by atoms with Crippen LogP contribution in [-0.4, -0.2) is 11.7 Å². The molecular weight excluding hydrogens is 402 g/mol. The van der Waals surface area contributed by atoms with Crippen LogP contribution in [0.5, 0.6) is 0 Å². The summed E-state index contributed by atoms with van der Waals surface area (Å²) in [5, 5.41) is 13.3. The predicted molar refractivity (Wildman–Crippen MR) is 110 cm³/mol. The van der Waals surface area contributed by atoms with Gasteiger partial charge in [-0.05, 0) is 29.7 Å². The average molecular weight is 418 g/mol. The highest BCUT2D eigenvalue weighted by Crippen LogP contribution is 2.55. The Bertz CT molecular complexity index is 1240. The number of hydrogen-bond acceptors (Lipinski definition) is 5. The van der Waals surface area contributed by atoms with Gasteiger partial charge in [0.2, 0.25) is 11.8 Å². The van der Waals surface area contributed by atoms with Crippen LogP contribution >= 0.6 is 11.6 Å². The summed E-state index contributed by atoms with van der Waals surface area (Å²) in [5.74, 6) is -0.688. The Labute approximate surface area is 177 Å². The summed E-state index contributed by atoms with van der Waals surface area (Å²) in [6.45, 7) is 0. The van der Waals surface area contributed by atoms with Crippen molar-refractivity contribution in [3.63, 3.8) is 0 Å². The molecular formula is C23H16ClN3O3. The van der Waals surface area contributed by atoms with E-state index in [0.29, 0.717) is 28.5 Å². The molecule has 30 heavy (non-hydrogen) atoms. The van der Waals surface area contributed by atoms with E-state index in [1.807, 2.05) is 24.3 Å². The van der Waals surface area contributed by atoms with Gasteiger partial charge in [-0.3, -0.25) is 9.59 Å². The van der Waals surface area contributed by atoms with Gasteiger partial charge in [0.1, 0.15) is 22.8 Å². The molecule has 3 N–H and O–H groups in total. The van der Waals surface area contributed by atoms with E-state index in [9.17, 15) is 14.9 Å². The van der Waals surface area contributed by atoms with Gasteiger partial charge in [0.25, 0.3) is 0 Å². The van der Waals surface area contributed by atoms with Crippen LogP contribution in [0.3, 0.4) is 0 Å². The number of fused-ring (bicyclic) bond motifs is 3. The minimum atomic E-state index is -1.58. The number of para-hydroxylation sites is 1. The Kier molecular flexibility index (Phi) is 3.99. The molecule has 0 radical (unpaired) electrons. The smallest absolute Gasteiger partial charge is 0.245 e. The lowest BCUT2D eigenvalue weighted by Gasteiger charge is -2.38. The van der Waals surface area contributed by atoms with Crippen molar-refractivity contribution in [1.82, 2.24) is 0 Å². The number of amides is 1. The van der Waals surface area contributed by atoms with Crippen LogP contribution in [0.25, 0.3) is 0 Å². The molecule has 0 aromatic heterocycles. The van der Waals surface area contributed by atoms with E-state index in [2.05, 4.69) is 5.32 Å². The number of ketones is 1. The van der Waals surface area contributed by atoms with E-state index in [-0.39, 0.29) is 35.2 Å². The van der Waals surface area contributed by atoms with Crippen molar-refractivity contribution in [2.45, 2.75) is 24.2 Å². The standard InChI is InChI=1S/C23H16ClN3O3/c24-14-5-3-4-12(8-14)13-9-18(28)20-19(10-13)30-21(26)16(11-25)23(20)15-6-1-2-7-17(15)27-22(23)29/h1-8,13H,9-10,26H2,(H,27,29)/t13-,23+/m0/s1. The highest BCUT2D eigenvalue weighted by molar-refractivity contribution is 6.30. The van der Waals surface area contributed by atoms with Gasteiger partial charge < -0.3 is 15.8 Å². The van der Waals surface area contributed by atoms with Gasteiger partial charge in [0, 0.05) is 29.1 Å². The zero-order valence-corrected chi connectivity index (χ0v) is 16.5. The summed E-state index contributed by atoms with van der Waals surface area (Å²) in [4.78, 5) is 26.8. The fraction of sp³-hybridized carbons (Fsp3) is 0.174. The predicted octanol–water partition coefficient (Wildman–Crippen LogP) is 3.65. The number of carbonyl (C=O) groups is 2. The molecule has 148 valence electrons. The number of carbonyl (C=O) groups excluding carboxylic acids is 2. The molecule has 0 bridgehead atoms. The zero-order chi connectivity index (χ0) is 21.0. The first-order valence-electron chi connectivity index (χ1n) is 9.48. The Morgan fingerprint density at radius 1 is 1.17 bits per heavy atom. The van der Waals surface area contributed by atoms with Crippen molar-refractivity contribution >= 4 is 29.0 Å². The third kappa shape index (κ3) is 2.36. The van der Waals surface area contributed by atoms with Crippen molar-refractivity contribution < 1.29 is 14.3 Å². The normalized spacial score (nSPS) is 24.9. The van der Waals surface area contributed by atoms with Crippen molar-refractivity contribution in [2.24, 2.45) is 5.73 Å². The summed E-state index contributed by atoms with van der Waals surface area (Å²) < 4.78 is 5.78. The summed E-state index contributed by atoms with van der Waals surface area (Å²) in [5.41, 5.74) is 6.68. The molecule has 2 aliphatic heterocycles. The van der Waals surface area contributed by atoms with Gasteiger partial charge in [-0.25, -0.2) is 0 Å². The summed E-state index contributed by atoms with van der Waals surface area (Å²) in [6, 6.07) is 16.4. The van der Waals surface area contributed by atoms with Gasteiger partial charge in [-0.15, -0.1) is 0 Å². The molecule has 6 nitrogen and oxygen atoms in total. The number of halogens is 1. The van der Waals surface area contributed by atoms with Gasteiger partial charge >= 0.3 is 0 Å². The van der Waals surface area contributed by atoms with Crippen molar-refractivity contribution in [2.75, 3.05) is 5.32 Å². The number of nitrogens with one attached hydrogen (secondary N) is 1. The highest BCUT2D eigenvalue weighted by Gasteiger charge is 2.60. The second-order valence-corrected chi connectivity index (χ2v) is 8.02. The Balaban J connectivity index is 1.72. The summed E-state index contributed by atoms with van der Waals surface area (Å²) in [6.07, 6.45) is 0.552. The fourth-order valence-electron chi connectivity index (χ4n) is 4.77. The molecule has 2 aromatic carbocycles. The first-order chi connectivity index (χ1) is 14.5. The Morgan fingerprint density at radius 2 is 1.97 bits per heavy atom. The lowest BCUT2D eigenvalue weighted by atomic mass is 9.63. The maximum absolute atomic E-state index is 13.5. The number of nitrogens with zero attached hydrogens (tertiary/aromatic N) is 1. The van der Waals surface area contributed by atoms with Gasteiger partial charge in [-0.2, -0.15) is 5.26 Å². The SMILES string of the molecule is N#CC1=C(N)OC2=C(C(=O)C[C@H](c3cccc(Cl)c3)C2)[C@]12C(=O)Nc1ccccc12. The monoisotopic (exact) mass is 417 g/mol. The van der Waals surface area contributed by atoms with E-state index in [4.69, 9.17) is 22.1 Å². The number of allylic oxidation sites excluding steroid dienone is 1. The number of nitrogens with two attached hydrogens (primary N) is 1. The summed E-state index contributed by atoms with van der Waals surface area (Å²) in [7, 11) is 0. The van der Waals surface area contributed by atoms with Crippen molar-refractivity contribution in [1.29, 1.82) is 5.26 Å². The zero-order valence-electron chi connectivity index (χ0n) is 15.7. The van der Waals surface area contributed by atoms with E-state index >= 15 is 0 Å². The first kappa shape index (κ1) is 18.5. The topological polar surface area (TPSA) is 105 Å². The maximum Gasteiger partial charge on any atom is 0.245 e. The van der Waals surface area contributed by atoms with Gasteiger partial charge in [-0.1, -0.05) is 41.9 Å². The molecule has 5 rings (SSSR count).